The Labute approximate surface area is 186 Å². The highest BCUT2D eigenvalue weighted by molar-refractivity contribution is 7.16. The van der Waals surface area contributed by atoms with Gasteiger partial charge in [-0.2, -0.15) is 0 Å². The fraction of sp³-hybridized carbons (Fsp3) is 0.348. The summed E-state index contributed by atoms with van der Waals surface area (Å²) in [5.74, 6) is 0.0725. The quantitative estimate of drug-likeness (QED) is 0.572. The number of rotatable bonds is 6. The topological polar surface area (TPSA) is 48.7 Å². The van der Waals surface area contributed by atoms with Crippen molar-refractivity contribution in [3.8, 4) is 0 Å². The minimum atomic E-state index is -0.234. The highest BCUT2D eigenvalue weighted by Gasteiger charge is 2.30. The van der Waals surface area contributed by atoms with E-state index in [9.17, 15) is 4.79 Å². The summed E-state index contributed by atoms with van der Waals surface area (Å²) >= 11 is 8.29. The maximum Gasteiger partial charge on any atom is 0.291 e. The molecular formula is C23H26ClN3O2S. The molecule has 1 aliphatic rings. The monoisotopic (exact) mass is 443 g/mol. The number of hydrogen-bond acceptors (Lipinski definition) is 5. The molecule has 1 atom stereocenters. The number of likely N-dealkylation sites (N-methyl/N-ethyl adjacent to an activating group) is 1. The van der Waals surface area contributed by atoms with Gasteiger partial charge in [-0.1, -0.05) is 36.7 Å². The maximum atomic E-state index is 12.7. The molecule has 0 unspecified atom stereocenters. The number of aryl methyl sites for hydroxylation is 1. The van der Waals surface area contributed by atoms with Gasteiger partial charge in [0.1, 0.15) is 5.00 Å². The first-order valence-electron chi connectivity index (χ1n) is 10.2. The second-order valence-corrected chi connectivity index (χ2v) is 9.09. The molecule has 0 spiro atoms. The van der Waals surface area contributed by atoms with E-state index in [-0.39, 0.29) is 11.9 Å². The molecule has 5 nitrogen and oxygen atoms in total. The molecule has 158 valence electrons. The van der Waals surface area contributed by atoms with Crippen molar-refractivity contribution in [3.05, 3.63) is 75.5 Å². The van der Waals surface area contributed by atoms with Gasteiger partial charge in [0.05, 0.1) is 12.3 Å². The summed E-state index contributed by atoms with van der Waals surface area (Å²) in [6.07, 6.45) is 2.42. The number of hydrogen-bond donors (Lipinski definition) is 1. The van der Waals surface area contributed by atoms with E-state index in [0.29, 0.717) is 5.76 Å². The molecule has 30 heavy (non-hydrogen) atoms. The maximum absolute atomic E-state index is 12.7. The lowest BCUT2D eigenvalue weighted by molar-refractivity contribution is 0.0996. The first-order chi connectivity index (χ1) is 14.6. The third-order valence-electron chi connectivity index (χ3n) is 5.53. The first kappa shape index (κ1) is 21.1. The van der Waals surface area contributed by atoms with Crippen LogP contribution in [0.15, 0.2) is 53.1 Å². The number of amides is 1. The molecule has 2 aromatic heterocycles. The molecule has 1 amide bonds. The van der Waals surface area contributed by atoms with E-state index < -0.39 is 0 Å². The average Bonchev–Trinajstić information content (AvgIpc) is 3.42. The first-order valence-corrected chi connectivity index (χ1v) is 11.4. The van der Waals surface area contributed by atoms with Gasteiger partial charge in [0.2, 0.25) is 0 Å². The second-order valence-electron chi connectivity index (χ2n) is 7.55. The molecule has 1 aromatic carbocycles. The molecule has 0 bridgehead atoms. The molecule has 0 saturated carbocycles. The predicted molar refractivity (Wildman–Crippen MR) is 123 cm³/mol. The van der Waals surface area contributed by atoms with Gasteiger partial charge in [-0.25, -0.2) is 0 Å². The van der Waals surface area contributed by atoms with Gasteiger partial charge in [0.15, 0.2) is 5.76 Å². The predicted octanol–water partition coefficient (Wildman–Crippen LogP) is 5.15. The zero-order valence-corrected chi connectivity index (χ0v) is 18.8. The summed E-state index contributed by atoms with van der Waals surface area (Å²) in [5.41, 5.74) is 2.16. The highest BCUT2D eigenvalue weighted by atomic mass is 35.5. The Kier molecular flexibility index (Phi) is 6.58. The van der Waals surface area contributed by atoms with E-state index in [2.05, 4.69) is 41.2 Å². The van der Waals surface area contributed by atoms with Crippen LogP contribution >= 0.6 is 22.9 Å². The Morgan fingerprint density at radius 1 is 1.17 bits per heavy atom. The summed E-state index contributed by atoms with van der Waals surface area (Å²) < 4.78 is 5.29. The number of piperazine rings is 1. The zero-order chi connectivity index (χ0) is 21.1. The van der Waals surface area contributed by atoms with Crippen molar-refractivity contribution in [2.45, 2.75) is 19.4 Å². The van der Waals surface area contributed by atoms with E-state index in [1.54, 1.807) is 23.5 Å². The molecule has 3 aromatic rings. The van der Waals surface area contributed by atoms with Gasteiger partial charge < -0.3 is 14.6 Å². The molecule has 1 fully saturated rings. The van der Waals surface area contributed by atoms with E-state index in [4.69, 9.17) is 16.0 Å². The van der Waals surface area contributed by atoms with E-state index in [1.807, 2.05) is 18.2 Å². The lowest BCUT2D eigenvalue weighted by atomic mass is 9.97. The van der Waals surface area contributed by atoms with Crippen molar-refractivity contribution in [1.29, 1.82) is 0 Å². The lowest BCUT2D eigenvalue weighted by Crippen LogP contribution is -2.46. The van der Waals surface area contributed by atoms with Crippen LogP contribution in [0, 0.1) is 0 Å². The van der Waals surface area contributed by atoms with E-state index in [0.717, 1.165) is 53.8 Å². The van der Waals surface area contributed by atoms with E-state index in [1.165, 1.54) is 11.1 Å². The largest absolute Gasteiger partial charge is 0.459 e. The number of carbonyl (C=O) groups is 1. The minimum absolute atomic E-state index is 0.0177. The highest BCUT2D eigenvalue weighted by Crippen LogP contribution is 2.41. The molecule has 3 heterocycles. The number of benzene rings is 1. The Hall–Kier alpha value is -2.12. The number of nitrogens with one attached hydrogen (secondary N) is 1. The minimum Gasteiger partial charge on any atom is -0.459 e. The molecule has 1 aliphatic heterocycles. The van der Waals surface area contributed by atoms with Crippen LogP contribution in [-0.2, 0) is 6.42 Å². The number of nitrogens with zero attached hydrogens (tertiary/aromatic N) is 2. The summed E-state index contributed by atoms with van der Waals surface area (Å²) in [6.45, 7) is 6.01. The van der Waals surface area contributed by atoms with Gasteiger partial charge in [0, 0.05) is 41.6 Å². The average molecular weight is 444 g/mol. The zero-order valence-electron chi connectivity index (χ0n) is 17.2. The third kappa shape index (κ3) is 4.47. The van der Waals surface area contributed by atoms with Crippen LogP contribution in [0.4, 0.5) is 5.00 Å². The van der Waals surface area contributed by atoms with Crippen molar-refractivity contribution >= 4 is 33.8 Å². The van der Waals surface area contributed by atoms with Crippen LogP contribution in [0.3, 0.4) is 0 Å². The fourth-order valence-electron chi connectivity index (χ4n) is 3.84. The van der Waals surface area contributed by atoms with Gasteiger partial charge in [-0.15, -0.1) is 11.3 Å². The summed E-state index contributed by atoms with van der Waals surface area (Å²) in [4.78, 5) is 18.8. The second kappa shape index (κ2) is 9.35. The van der Waals surface area contributed by atoms with Gasteiger partial charge in [-0.3, -0.25) is 9.69 Å². The number of halogens is 1. The van der Waals surface area contributed by atoms with Crippen LogP contribution < -0.4 is 5.32 Å². The standard InChI is InChI=1S/C23H26ClN3O2S/c1-3-16-15-18(23(30-16)25-22(28)20-9-6-14-29-20)21(17-7-4-5-8-19(17)24)27-12-10-26(2)11-13-27/h4-9,14-15,21H,3,10-13H2,1-2H3,(H,25,28)/t21-/m0/s1. The number of carbonyl (C=O) groups excluding carboxylic acids is 1. The normalized spacial score (nSPS) is 16.5. The van der Waals surface area contributed by atoms with Crippen molar-refractivity contribution in [2.24, 2.45) is 0 Å². The Balaban J connectivity index is 1.75. The number of thiophene rings is 1. The van der Waals surface area contributed by atoms with Crippen molar-refractivity contribution < 1.29 is 9.21 Å². The van der Waals surface area contributed by atoms with Crippen LogP contribution in [-0.4, -0.2) is 48.9 Å². The number of furan rings is 1. The lowest BCUT2D eigenvalue weighted by Gasteiger charge is -2.38. The molecule has 7 heteroatoms. The molecule has 4 rings (SSSR count). The smallest absolute Gasteiger partial charge is 0.291 e. The summed E-state index contributed by atoms with van der Waals surface area (Å²) in [6, 6.07) is 13.6. The van der Waals surface area contributed by atoms with Gasteiger partial charge in [0.25, 0.3) is 5.91 Å². The fourth-order valence-corrected chi connectivity index (χ4v) is 5.11. The molecular weight excluding hydrogens is 418 g/mol. The van der Waals surface area contributed by atoms with Crippen molar-refractivity contribution in [3.63, 3.8) is 0 Å². The van der Waals surface area contributed by atoms with Crippen LogP contribution in [0.5, 0.6) is 0 Å². The molecule has 1 N–H and O–H groups in total. The summed E-state index contributed by atoms with van der Waals surface area (Å²) in [7, 11) is 2.15. The van der Waals surface area contributed by atoms with Crippen LogP contribution in [0.1, 0.15) is 39.5 Å². The molecule has 0 aliphatic carbocycles. The Morgan fingerprint density at radius 3 is 2.60 bits per heavy atom. The van der Waals surface area contributed by atoms with Crippen LogP contribution in [0.25, 0.3) is 0 Å². The van der Waals surface area contributed by atoms with Crippen LogP contribution in [0.2, 0.25) is 5.02 Å². The summed E-state index contributed by atoms with van der Waals surface area (Å²) in [5, 5.41) is 4.69. The molecule has 1 saturated heterocycles. The Bertz CT molecular complexity index is 994. The van der Waals surface area contributed by atoms with Gasteiger partial charge in [-0.05, 0) is 43.3 Å². The van der Waals surface area contributed by atoms with E-state index >= 15 is 0 Å². The Morgan fingerprint density at radius 2 is 1.93 bits per heavy atom. The number of anilines is 1. The SMILES string of the molecule is CCc1cc([C@H](c2ccccc2Cl)N2CCN(C)CC2)c(NC(=O)c2ccco2)s1. The van der Waals surface area contributed by atoms with Gasteiger partial charge >= 0.3 is 0 Å². The third-order valence-corrected chi connectivity index (χ3v) is 7.08. The van der Waals surface area contributed by atoms with Crippen molar-refractivity contribution in [1.82, 2.24) is 9.80 Å². The molecule has 0 radical (unpaired) electrons. The van der Waals surface area contributed by atoms with Crippen molar-refractivity contribution in [2.75, 3.05) is 38.5 Å².